The maximum Gasteiger partial charge on any atom is 0.317 e. The normalized spacial score (nSPS) is 13.3. The van der Waals surface area contributed by atoms with Crippen LogP contribution in [0, 0.1) is 0 Å². The summed E-state index contributed by atoms with van der Waals surface area (Å²) in [4.78, 5) is 15.4. The number of carbonyl (C=O) groups is 1. The highest BCUT2D eigenvalue weighted by atomic mass is 32.1. The lowest BCUT2D eigenvalue weighted by Gasteiger charge is -2.27. The summed E-state index contributed by atoms with van der Waals surface area (Å²) in [6, 6.07) is 9.47. The minimum atomic E-state index is -0.0276. The third-order valence-corrected chi connectivity index (χ3v) is 4.82. The fraction of sp³-hybridized carbons (Fsp3) is 0.353. The molecule has 0 spiro atoms. The van der Waals surface area contributed by atoms with E-state index in [0.29, 0.717) is 19.7 Å². The van der Waals surface area contributed by atoms with E-state index >= 15 is 0 Å². The van der Waals surface area contributed by atoms with Crippen LogP contribution in [0.1, 0.15) is 10.4 Å². The van der Waals surface area contributed by atoms with Crippen molar-refractivity contribution in [3.63, 3.8) is 0 Å². The predicted octanol–water partition coefficient (Wildman–Crippen LogP) is 2.90. The van der Waals surface area contributed by atoms with Crippen molar-refractivity contribution in [2.45, 2.75) is 13.0 Å². The van der Waals surface area contributed by atoms with Crippen LogP contribution in [0.25, 0.3) is 0 Å². The van der Waals surface area contributed by atoms with E-state index in [9.17, 15) is 4.79 Å². The summed E-state index contributed by atoms with van der Waals surface area (Å²) >= 11 is 1.77. The summed E-state index contributed by atoms with van der Waals surface area (Å²) < 4.78 is 10.7. The zero-order valence-electron chi connectivity index (χ0n) is 13.1. The third-order valence-electron chi connectivity index (χ3n) is 3.80. The molecule has 1 aliphatic heterocycles. The predicted molar refractivity (Wildman–Crippen MR) is 90.3 cm³/mol. The maximum absolute atomic E-state index is 12.2. The SMILES string of the molecule is COc1ccc(OCCNC(=O)N2CCc3sccc3C2)cc1. The van der Waals surface area contributed by atoms with E-state index in [-0.39, 0.29) is 6.03 Å². The van der Waals surface area contributed by atoms with E-state index in [1.165, 1.54) is 10.4 Å². The van der Waals surface area contributed by atoms with Gasteiger partial charge in [0, 0.05) is 18.0 Å². The van der Waals surface area contributed by atoms with Gasteiger partial charge in [0.15, 0.2) is 0 Å². The molecular formula is C17H20N2O3S. The molecule has 0 aliphatic carbocycles. The Morgan fingerprint density at radius 1 is 1.26 bits per heavy atom. The minimum absolute atomic E-state index is 0.0276. The zero-order valence-corrected chi connectivity index (χ0v) is 13.9. The second-order valence-corrected chi connectivity index (χ2v) is 6.30. The number of fused-ring (bicyclic) bond motifs is 1. The highest BCUT2D eigenvalue weighted by Crippen LogP contribution is 2.23. The van der Waals surface area contributed by atoms with E-state index in [1.54, 1.807) is 18.4 Å². The van der Waals surface area contributed by atoms with Gasteiger partial charge in [0.1, 0.15) is 18.1 Å². The number of urea groups is 1. The smallest absolute Gasteiger partial charge is 0.317 e. The number of methoxy groups -OCH3 is 1. The Labute approximate surface area is 139 Å². The molecule has 0 fully saturated rings. The average molecular weight is 332 g/mol. The fourth-order valence-corrected chi connectivity index (χ4v) is 3.42. The second-order valence-electron chi connectivity index (χ2n) is 5.30. The molecule has 0 atom stereocenters. The molecule has 2 amide bonds. The van der Waals surface area contributed by atoms with Crippen molar-refractivity contribution in [2.24, 2.45) is 0 Å². The van der Waals surface area contributed by atoms with Gasteiger partial charge in [-0.1, -0.05) is 0 Å². The van der Waals surface area contributed by atoms with Gasteiger partial charge in [-0.05, 0) is 47.7 Å². The van der Waals surface area contributed by atoms with Crippen molar-refractivity contribution < 1.29 is 14.3 Å². The van der Waals surface area contributed by atoms with Gasteiger partial charge in [-0.15, -0.1) is 11.3 Å². The molecule has 5 nitrogen and oxygen atoms in total. The minimum Gasteiger partial charge on any atom is -0.497 e. The van der Waals surface area contributed by atoms with Crippen LogP contribution in [0.4, 0.5) is 4.79 Å². The molecule has 0 unspecified atom stereocenters. The molecule has 2 aromatic rings. The summed E-state index contributed by atoms with van der Waals surface area (Å²) in [5, 5.41) is 5.00. The molecule has 0 saturated heterocycles. The number of benzene rings is 1. The summed E-state index contributed by atoms with van der Waals surface area (Å²) in [6.45, 7) is 2.40. The van der Waals surface area contributed by atoms with Crippen molar-refractivity contribution in [3.8, 4) is 11.5 Å². The van der Waals surface area contributed by atoms with Crippen LogP contribution in [0.15, 0.2) is 35.7 Å². The first-order valence-electron chi connectivity index (χ1n) is 7.61. The lowest BCUT2D eigenvalue weighted by atomic mass is 10.1. The molecule has 0 radical (unpaired) electrons. The zero-order chi connectivity index (χ0) is 16.1. The summed E-state index contributed by atoms with van der Waals surface area (Å²) in [5.41, 5.74) is 1.27. The molecule has 23 heavy (non-hydrogen) atoms. The fourth-order valence-electron chi connectivity index (χ4n) is 2.53. The number of nitrogens with one attached hydrogen (secondary N) is 1. The van der Waals surface area contributed by atoms with Gasteiger partial charge in [0.2, 0.25) is 0 Å². The molecule has 1 aliphatic rings. The summed E-state index contributed by atoms with van der Waals surface area (Å²) in [7, 11) is 1.63. The Balaban J connectivity index is 1.39. The van der Waals surface area contributed by atoms with Crippen LogP contribution < -0.4 is 14.8 Å². The molecule has 122 valence electrons. The molecule has 6 heteroatoms. The van der Waals surface area contributed by atoms with E-state index in [1.807, 2.05) is 29.2 Å². The van der Waals surface area contributed by atoms with Crippen LogP contribution in [0.5, 0.6) is 11.5 Å². The van der Waals surface area contributed by atoms with Gasteiger partial charge in [-0.3, -0.25) is 0 Å². The summed E-state index contributed by atoms with van der Waals surface area (Å²) in [6.07, 6.45) is 0.947. The second kappa shape index (κ2) is 7.37. The first-order chi connectivity index (χ1) is 11.3. The number of amides is 2. The van der Waals surface area contributed by atoms with Gasteiger partial charge >= 0.3 is 6.03 Å². The summed E-state index contributed by atoms with van der Waals surface area (Å²) in [5.74, 6) is 1.56. The van der Waals surface area contributed by atoms with E-state index < -0.39 is 0 Å². The number of ether oxygens (including phenoxy) is 2. The molecule has 0 bridgehead atoms. The standard InChI is InChI=1S/C17H20N2O3S/c1-21-14-2-4-15(5-3-14)22-10-8-18-17(20)19-9-6-16-13(12-19)7-11-23-16/h2-5,7,11H,6,8-10,12H2,1H3,(H,18,20). The molecule has 0 saturated carbocycles. The van der Waals surface area contributed by atoms with Gasteiger partial charge < -0.3 is 19.7 Å². The molecule has 1 aromatic carbocycles. The van der Waals surface area contributed by atoms with Crippen LogP contribution in [-0.2, 0) is 13.0 Å². The quantitative estimate of drug-likeness (QED) is 0.857. The highest BCUT2D eigenvalue weighted by molar-refractivity contribution is 7.10. The van der Waals surface area contributed by atoms with E-state index in [4.69, 9.17) is 9.47 Å². The Morgan fingerprint density at radius 2 is 2.04 bits per heavy atom. The molecule has 1 N–H and O–H groups in total. The van der Waals surface area contributed by atoms with Crippen molar-refractivity contribution in [2.75, 3.05) is 26.8 Å². The third kappa shape index (κ3) is 3.96. The molecule has 1 aromatic heterocycles. The number of carbonyl (C=O) groups excluding carboxylic acids is 1. The molecular weight excluding hydrogens is 312 g/mol. The first-order valence-corrected chi connectivity index (χ1v) is 8.49. The van der Waals surface area contributed by atoms with Crippen molar-refractivity contribution in [3.05, 3.63) is 46.2 Å². The van der Waals surface area contributed by atoms with Gasteiger partial charge in [0.05, 0.1) is 13.7 Å². The van der Waals surface area contributed by atoms with Crippen LogP contribution in [0.3, 0.4) is 0 Å². The van der Waals surface area contributed by atoms with Crippen LogP contribution in [0.2, 0.25) is 0 Å². The number of rotatable bonds is 5. The number of hydrogen-bond donors (Lipinski definition) is 1. The lowest BCUT2D eigenvalue weighted by molar-refractivity contribution is 0.190. The van der Waals surface area contributed by atoms with E-state index in [2.05, 4.69) is 16.8 Å². The van der Waals surface area contributed by atoms with Crippen LogP contribution >= 0.6 is 11.3 Å². The number of hydrogen-bond acceptors (Lipinski definition) is 4. The van der Waals surface area contributed by atoms with Crippen molar-refractivity contribution >= 4 is 17.4 Å². The lowest BCUT2D eigenvalue weighted by Crippen LogP contribution is -2.43. The number of thiophene rings is 1. The Kier molecular flexibility index (Phi) is 5.02. The van der Waals surface area contributed by atoms with E-state index in [0.717, 1.165) is 24.5 Å². The first kappa shape index (κ1) is 15.7. The number of nitrogens with zero attached hydrogens (tertiary/aromatic N) is 1. The van der Waals surface area contributed by atoms with Crippen molar-refractivity contribution in [1.29, 1.82) is 0 Å². The average Bonchev–Trinajstić information content (AvgIpc) is 3.06. The molecule has 3 rings (SSSR count). The van der Waals surface area contributed by atoms with Gasteiger partial charge in [-0.2, -0.15) is 0 Å². The highest BCUT2D eigenvalue weighted by Gasteiger charge is 2.20. The van der Waals surface area contributed by atoms with Gasteiger partial charge in [-0.25, -0.2) is 4.79 Å². The Bertz CT molecular complexity index is 654. The van der Waals surface area contributed by atoms with Crippen LogP contribution in [-0.4, -0.2) is 37.7 Å². The monoisotopic (exact) mass is 332 g/mol. The maximum atomic E-state index is 12.2. The topological polar surface area (TPSA) is 50.8 Å². The molecule has 2 heterocycles. The Hall–Kier alpha value is -2.21. The largest absolute Gasteiger partial charge is 0.497 e. The van der Waals surface area contributed by atoms with Crippen molar-refractivity contribution in [1.82, 2.24) is 10.2 Å². The Morgan fingerprint density at radius 3 is 2.83 bits per heavy atom. The van der Waals surface area contributed by atoms with Gasteiger partial charge in [0.25, 0.3) is 0 Å².